The van der Waals surface area contributed by atoms with E-state index >= 15 is 0 Å². The Kier molecular flexibility index (Phi) is 3.54. The average molecular weight is 331 g/mol. The number of ether oxygens (including phenoxy) is 2. The van der Waals surface area contributed by atoms with Crippen LogP contribution < -0.4 is 0 Å². The Morgan fingerprint density at radius 1 is 1.46 bits per heavy atom. The van der Waals surface area contributed by atoms with Crippen molar-refractivity contribution >= 4 is 11.7 Å². The number of hydrogen-bond donors (Lipinski definition) is 0. The number of carbonyl (C=O) groups is 1. The minimum atomic E-state index is -0.151. The van der Waals surface area contributed by atoms with Gasteiger partial charge in [-0.25, -0.2) is 9.50 Å². The minimum absolute atomic E-state index is 0.103. The molecule has 4 rings (SSSR count). The highest BCUT2D eigenvalue weighted by atomic mass is 16.5. The van der Waals surface area contributed by atoms with Gasteiger partial charge in [0.15, 0.2) is 0 Å². The Morgan fingerprint density at radius 3 is 3.08 bits per heavy atom. The molecule has 8 nitrogen and oxygen atoms in total. The van der Waals surface area contributed by atoms with Gasteiger partial charge in [0.2, 0.25) is 5.82 Å². The summed E-state index contributed by atoms with van der Waals surface area (Å²) in [6, 6.07) is 1.92. The van der Waals surface area contributed by atoms with E-state index in [0.29, 0.717) is 44.6 Å². The van der Waals surface area contributed by atoms with Gasteiger partial charge in [0.1, 0.15) is 0 Å². The number of aryl methyl sites for hydroxylation is 2. The fraction of sp³-hybridized carbons (Fsp3) is 0.625. The van der Waals surface area contributed by atoms with E-state index in [-0.39, 0.29) is 17.1 Å². The van der Waals surface area contributed by atoms with E-state index in [0.717, 1.165) is 11.4 Å². The molecular weight excluding hydrogens is 310 g/mol. The Bertz CT molecular complexity index is 804. The van der Waals surface area contributed by atoms with Gasteiger partial charge in [0, 0.05) is 42.9 Å². The van der Waals surface area contributed by atoms with Crippen molar-refractivity contribution in [3.63, 3.8) is 0 Å². The predicted molar refractivity (Wildman–Crippen MR) is 84.8 cm³/mol. The molecule has 2 aliphatic rings. The lowest BCUT2D eigenvalue weighted by Gasteiger charge is -2.25. The Balaban J connectivity index is 1.62. The number of methoxy groups -OCH3 is 1. The van der Waals surface area contributed by atoms with E-state index in [1.807, 2.05) is 24.8 Å². The standard InChI is InChI=1S/C16H21N5O3/c1-10-4-11(2)21-15(17-10)18-13(19-21)14(22)20-5-12-6-24-9-16(12,7-20)8-23-3/h4,12H,5-9H2,1-3H3/t12-,16-/m0/s1. The number of carbonyl (C=O) groups excluding carboxylic acids is 1. The fourth-order valence-electron chi connectivity index (χ4n) is 3.88. The zero-order chi connectivity index (χ0) is 16.9. The first-order chi connectivity index (χ1) is 11.5. The first kappa shape index (κ1) is 15.5. The van der Waals surface area contributed by atoms with Crippen molar-refractivity contribution in [1.82, 2.24) is 24.5 Å². The van der Waals surface area contributed by atoms with Crippen LogP contribution in [0.25, 0.3) is 5.78 Å². The maximum Gasteiger partial charge on any atom is 0.293 e. The molecule has 1 amide bonds. The average Bonchev–Trinajstić information content (AvgIpc) is 3.18. The van der Waals surface area contributed by atoms with Gasteiger partial charge in [-0.3, -0.25) is 4.79 Å². The van der Waals surface area contributed by atoms with E-state index in [4.69, 9.17) is 9.47 Å². The highest BCUT2D eigenvalue weighted by Gasteiger charge is 2.52. The third-order valence-corrected chi connectivity index (χ3v) is 5.05. The van der Waals surface area contributed by atoms with E-state index < -0.39 is 0 Å². The largest absolute Gasteiger partial charge is 0.384 e. The molecule has 2 aromatic rings. The molecule has 8 heteroatoms. The second kappa shape index (κ2) is 5.49. The number of amides is 1. The predicted octanol–water partition coefficient (Wildman–Crippen LogP) is 0.476. The second-order valence-electron chi connectivity index (χ2n) is 6.88. The van der Waals surface area contributed by atoms with E-state index in [1.165, 1.54) is 0 Å². The Hall–Kier alpha value is -2.06. The molecule has 24 heavy (non-hydrogen) atoms. The van der Waals surface area contributed by atoms with Gasteiger partial charge in [0.25, 0.3) is 11.7 Å². The third-order valence-electron chi connectivity index (χ3n) is 5.05. The lowest BCUT2D eigenvalue weighted by atomic mass is 9.82. The summed E-state index contributed by atoms with van der Waals surface area (Å²) in [4.78, 5) is 23.4. The molecule has 0 N–H and O–H groups in total. The summed E-state index contributed by atoms with van der Waals surface area (Å²) in [5.74, 6) is 0.817. The lowest BCUT2D eigenvalue weighted by molar-refractivity contribution is 0.0484. The van der Waals surface area contributed by atoms with Crippen molar-refractivity contribution in [2.24, 2.45) is 11.3 Å². The quantitative estimate of drug-likeness (QED) is 0.813. The first-order valence-corrected chi connectivity index (χ1v) is 8.09. The molecule has 2 aliphatic heterocycles. The van der Waals surface area contributed by atoms with Gasteiger partial charge in [-0.2, -0.15) is 4.98 Å². The molecule has 4 heterocycles. The molecule has 0 aliphatic carbocycles. The van der Waals surface area contributed by atoms with Crippen molar-refractivity contribution in [2.45, 2.75) is 13.8 Å². The number of nitrogens with zero attached hydrogens (tertiary/aromatic N) is 5. The highest BCUT2D eigenvalue weighted by molar-refractivity contribution is 5.91. The molecule has 0 saturated carbocycles. The molecule has 128 valence electrons. The van der Waals surface area contributed by atoms with Crippen LogP contribution in [0.3, 0.4) is 0 Å². The van der Waals surface area contributed by atoms with E-state index in [9.17, 15) is 4.79 Å². The van der Waals surface area contributed by atoms with Crippen LogP contribution in [0.4, 0.5) is 0 Å². The number of rotatable bonds is 3. The molecule has 2 saturated heterocycles. The monoisotopic (exact) mass is 331 g/mol. The van der Waals surface area contributed by atoms with Gasteiger partial charge in [0.05, 0.1) is 19.8 Å². The summed E-state index contributed by atoms with van der Waals surface area (Å²) in [5, 5.41) is 4.35. The highest BCUT2D eigenvalue weighted by Crippen LogP contribution is 2.41. The molecule has 0 aromatic carbocycles. The second-order valence-corrected chi connectivity index (χ2v) is 6.88. The number of aromatic nitrogens is 4. The van der Waals surface area contributed by atoms with Crippen LogP contribution in [-0.4, -0.2) is 70.4 Å². The molecule has 0 unspecified atom stereocenters. The van der Waals surface area contributed by atoms with Gasteiger partial charge < -0.3 is 14.4 Å². The van der Waals surface area contributed by atoms with Crippen LogP contribution in [0.15, 0.2) is 6.07 Å². The SMILES string of the molecule is COC[C@@]12COC[C@@H]1CN(C(=O)c1nc3nc(C)cc(C)n3n1)C2. The fourth-order valence-corrected chi connectivity index (χ4v) is 3.88. The molecule has 0 radical (unpaired) electrons. The maximum atomic E-state index is 12.9. The summed E-state index contributed by atoms with van der Waals surface area (Å²) in [7, 11) is 1.69. The van der Waals surface area contributed by atoms with Crippen molar-refractivity contribution in [3.8, 4) is 0 Å². The van der Waals surface area contributed by atoms with Crippen LogP contribution in [0, 0.1) is 25.2 Å². The first-order valence-electron chi connectivity index (χ1n) is 8.09. The smallest absolute Gasteiger partial charge is 0.293 e. The van der Waals surface area contributed by atoms with Crippen molar-refractivity contribution in [3.05, 3.63) is 23.3 Å². The van der Waals surface area contributed by atoms with Gasteiger partial charge in [-0.05, 0) is 19.9 Å². The van der Waals surface area contributed by atoms with Crippen molar-refractivity contribution < 1.29 is 14.3 Å². The molecule has 2 fully saturated rings. The van der Waals surface area contributed by atoms with Crippen LogP contribution in [0.5, 0.6) is 0 Å². The van der Waals surface area contributed by atoms with Crippen LogP contribution in [-0.2, 0) is 9.47 Å². The summed E-state index contributed by atoms with van der Waals surface area (Å²) in [5.41, 5.74) is 1.67. The summed E-state index contributed by atoms with van der Waals surface area (Å²) >= 11 is 0. The summed E-state index contributed by atoms with van der Waals surface area (Å²) in [6.45, 7) is 7.00. The Morgan fingerprint density at radius 2 is 2.29 bits per heavy atom. The zero-order valence-corrected chi connectivity index (χ0v) is 14.2. The molecule has 2 atom stereocenters. The van der Waals surface area contributed by atoms with Gasteiger partial charge in [-0.1, -0.05) is 0 Å². The van der Waals surface area contributed by atoms with E-state index in [2.05, 4.69) is 15.1 Å². The van der Waals surface area contributed by atoms with E-state index in [1.54, 1.807) is 11.6 Å². The number of fused-ring (bicyclic) bond motifs is 2. The van der Waals surface area contributed by atoms with Crippen LogP contribution in [0.1, 0.15) is 22.0 Å². The van der Waals surface area contributed by atoms with Crippen LogP contribution >= 0.6 is 0 Å². The molecular formula is C16H21N5O3. The topological polar surface area (TPSA) is 81.9 Å². The summed E-state index contributed by atoms with van der Waals surface area (Å²) < 4.78 is 12.6. The molecule has 2 aromatic heterocycles. The number of likely N-dealkylation sites (tertiary alicyclic amines) is 1. The Labute approximate surface area is 139 Å². The summed E-state index contributed by atoms with van der Waals surface area (Å²) in [6.07, 6.45) is 0. The van der Waals surface area contributed by atoms with Gasteiger partial charge in [-0.15, -0.1) is 5.10 Å². The zero-order valence-electron chi connectivity index (χ0n) is 14.2. The molecule has 0 bridgehead atoms. The lowest BCUT2D eigenvalue weighted by Crippen LogP contribution is -2.37. The van der Waals surface area contributed by atoms with Crippen LogP contribution in [0.2, 0.25) is 0 Å². The molecule has 0 spiro atoms. The van der Waals surface area contributed by atoms with Crippen molar-refractivity contribution in [2.75, 3.05) is 40.0 Å². The third kappa shape index (κ3) is 2.29. The normalized spacial score (nSPS) is 26.3. The minimum Gasteiger partial charge on any atom is -0.384 e. The maximum absolute atomic E-state index is 12.9. The van der Waals surface area contributed by atoms with Gasteiger partial charge >= 0.3 is 0 Å². The number of hydrogen-bond acceptors (Lipinski definition) is 6. The van der Waals surface area contributed by atoms with Crippen molar-refractivity contribution in [1.29, 1.82) is 0 Å².